The third-order valence-electron chi connectivity index (χ3n) is 2.90. The van der Waals surface area contributed by atoms with Crippen LogP contribution in [0.5, 0.6) is 0 Å². The van der Waals surface area contributed by atoms with E-state index in [0.29, 0.717) is 19.1 Å². The second kappa shape index (κ2) is 8.97. The van der Waals surface area contributed by atoms with Crippen molar-refractivity contribution in [2.24, 2.45) is 5.73 Å². The smallest absolute Gasteiger partial charge is 0.0609 e. The summed E-state index contributed by atoms with van der Waals surface area (Å²) in [6.07, 6.45) is 7.29. The van der Waals surface area contributed by atoms with Crippen LogP contribution in [0.1, 0.15) is 59.3 Å². The molecular weight excluding hydrogens is 202 g/mol. The molecule has 0 aliphatic rings. The van der Waals surface area contributed by atoms with Gasteiger partial charge in [0.15, 0.2) is 0 Å². The summed E-state index contributed by atoms with van der Waals surface area (Å²) in [5.41, 5.74) is 5.31. The lowest BCUT2D eigenvalue weighted by atomic mass is 10.0. The maximum Gasteiger partial charge on any atom is 0.0609 e. The van der Waals surface area contributed by atoms with E-state index in [2.05, 4.69) is 13.8 Å². The molecule has 2 unspecified atom stereocenters. The van der Waals surface area contributed by atoms with E-state index < -0.39 is 5.54 Å². The van der Waals surface area contributed by atoms with Crippen molar-refractivity contribution in [1.82, 2.24) is 0 Å². The van der Waals surface area contributed by atoms with Crippen LogP contribution in [0.2, 0.25) is 0 Å². The molecule has 3 heteroatoms. The predicted octanol–water partition coefficient (Wildman–Crippen LogP) is 2.46. The van der Waals surface area contributed by atoms with Gasteiger partial charge in [0, 0.05) is 12.1 Å². The van der Waals surface area contributed by atoms with Crippen molar-refractivity contribution in [3.8, 4) is 0 Å². The zero-order valence-electron chi connectivity index (χ0n) is 11.2. The van der Waals surface area contributed by atoms with E-state index in [4.69, 9.17) is 15.6 Å². The van der Waals surface area contributed by atoms with Gasteiger partial charge in [0.25, 0.3) is 0 Å². The van der Waals surface area contributed by atoms with Crippen molar-refractivity contribution >= 4 is 0 Å². The fourth-order valence-electron chi connectivity index (χ4n) is 1.51. The van der Waals surface area contributed by atoms with E-state index in [9.17, 15) is 0 Å². The third-order valence-corrected chi connectivity index (χ3v) is 2.90. The van der Waals surface area contributed by atoms with E-state index in [1.807, 2.05) is 6.92 Å². The SMILES string of the molecule is CCCCCCC(C)OCCC(C)(N)CO. The van der Waals surface area contributed by atoms with Crippen molar-refractivity contribution in [2.75, 3.05) is 13.2 Å². The van der Waals surface area contributed by atoms with Crippen LogP contribution >= 0.6 is 0 Å². The van der Waals surface area contributed by atoms with Gasteiger partial charge in [-0.1, -0.05) is 32.6 Å². The Morgan fingerprint density at radius 1 is 1.31 bits per heavy atom. The second-order valence-corrected chi connectivity index (χ2v) is 5.09. The summed E-state index contributed by atoms with van der Waals surface area (Å²) in [5.74, 6) is 0. The van der Waals surface area contributed by atoms with Gasteiger partial charge in [0.1, 0.15) is 0 Å². The highest BCUT2D eigenvalue weighted by Crippen LogP contribution is 2.10. The highest BCUT2D eigenvalue weighted by atomic mass is 16.5. The molecule has 3 N–H and O–H groups in total. The lowest BCUT2D eigenvalue weighted by Gasteiger charge is -2.22. The standard InChI is InChI=1S/C13H29NO2/c1-4-5-6-7-8-12(2)16-10-9-13(3,14)11-15/h12,15H,4-11,14H2,1-3H3. The summed E-state index contributed by atoms with van der Waals surface area (Å²) in [6, 6.07) is 0. The topological polar surface area (TPSA) is 55.5 Å². The van der Waals surface area contributed by atoms with Gasteiger partial charge in [0.2, 0.25) is 0 Å². The fourth-order valence-corrected chi connectivity index (χ4v) is 1.51. The summed E-state index contributed by atoms with van der Waals surface area (Å²) < 4.78 is 5.67. The van der Waals surface area contributed by atoms with Gasteiger partial charge in [-0.2, -0.15) is 0 Å². The number of unbranched alkanes of at least 4 members (excludes halogenated alkanes) is 3. The number of aliphatic hydroxyl groups is 1. The minimum absolute atomic E-state index is 0.0151. The number of ether oxygens (including phenoxy) is 1. The molecule has 0 radical (unpaired) electrons. The Kier molecular flexibility index (Phi) is 8.90. The average molecular weight is 231 g/mol. The average Bonchev–Trinajstić information content (AvgIpc) is 2.24. The van der Waals surface area contributed by atoms with E-state index in [0.717, 1.165) is 6.42 Å². The maximum atomic E-state index is 8.98. The van der Waals surface area contributed by atoms with Crippen LogP contribution in [0.25, 0.3) is 0 Å². The summed E-state index contributed by atoms with van der Waals surface area (Å²) in [5, 5.41) is 8.98. The summed E-state index contributed by atoms with van der Waals surface area (Å²) in [7, 11) is 0. The molecule has 98 valence electrons. The molecule has 0 heterocycles. The van der Waals surface area contributed by atoms with Crippen LogP contribution in [0.15, 0.2) is 0 Å². The number of aliphatic hydroxyl groups excluding tert-OH is 1. The summed E-state index contributed by atoms with van der Waals surface area (Å²) in [4.78, 5) is 0. The van der Waals surface area contributed by atoms with Gasteiger partial charge < -0.3 is 15.6 Å². The molecule has 0 aromatic carbocycles. The molecule has 0 aromatic heterocycles. The first kappa shape index (κ1) is 15.9. The molecule has 0 spiro atoms. The number of hydrogen-bond acceptors (Lipinski definition) is 3. The van der Waals surface area contributed by atoms with Crippen LogP contribution < -0.4 is 5.73 Å². The summed E-state index contributed by atoms with van der Waals surface area (Å²) >= 11 is 0. The molecule has 0 aliphatic carbocycles. The van der Waals surface area contributed by atoms with Crippen LogP contribution in [0.3, 0.4) is 0 Å². The molecule has 2 atom stereocenters. The molecule has 0 aromatic rings. The Hall–Kier alpha value is -0.120. The first-order chi connectivity index (χ1) is 7.52. The maximum absolute atomic E-state index is 8.98. The Morgan fingerprint density at radius 3 is 2.56 bits per heavy atom. The van der Waals surface area contributed by atoms with E-state index in [-0.39, 0.29) is 6.61 Å². The second-order valence-electron chi connectivity index (χ2n) is 5.09. The highest BCUT2D eigenvalue weighted by molar-refractivity contribution is 4.76. The van der Waals surface area contributed by atoms with Crippen LogP contribution in [-0.4, -0.2) is 30.0 Å². The first-order valence-electron chi connectivity index (χ1n) is 6.53. The minimum atomic E-state index is -0.498. The van der Waals surface area contributed by atoms with Crippen molar-refractivity contribution in [2.45, 2.75) is 70.9 Å². The third kappa shape index (κ3) is 9.13. The van der Waals surface area contributed by atoms with Gasteiger partial charge in [-0.05, 0) is 26.7 Å². The van der Waals surface area contributed by atoms with Crippen molar-refractivity contribution in [3.05, 3.63) is 0 Å². The molecular formula is C13H29NO2. The molecule has 0 aliphatic heterocycles. The number of rotatable bonds is 10. The van der Waals surface area contributed by atoms with Gasteiger partial charge in [-0.3, -0.25) is 0 Å². The molecule has 0 saturated carbocycles. The van der Waals surface area contributed by atoms with E-state index >= 15 is 0 Å². The Morgan fingerprint density at radius 2 is 2.00 bits per heavy atom. The fraction of sp³-hybridized carbons (Fsp3) is 1.00. The van der Waals surface area contributed by atoms with Gasteiger partial charge >= 0.3 is 0 Å². The van der Waals surface area contributed by atoms with Crippen molar-refractivity contribution in [1.29, 1.82) is 0 Å². The van der Waals surface area contributed by atoms with Crippen molar-refractivity contribution in [3.63, 3.8) is 0 Å². The monoisotopic (exact) mass is 231 g/mol. The Balaban J connectivity index is 3.40. The van der Waals surface area contributed by atoms with Crippen molar-refractivity contribution < 1.29 is 9.84 Å². The minimum Gasteiger partial charge on any atom is -0.394 e. The van der Waals surface area contributed by atoms with Crippen LogP contribution in [0.4, 0.5) is 0 Å². The van der Waals surface area contributed by atoms with Gasteiger partial charge in [-0.25, -0.2) is 0 Å². The molecule has 0 amide bonds. The van der Waals surface area contributed by atoms with E-state index in [1.54, 1.807) is 0 Å². The summed E-state index contributed by atoms with van der Waals surface area (Å²) in [6.45, 7) is 6.83. The number of nitrogens with two attached hydrogens (primary N) is 1. The molecule has 3 nitrogen and oxygen atoms in total. The zero-order valence-corrected chi connectivity index (χ0v) is 11.2. The molecule has 0 fully saturated rings. The highest BCUT2D eigenvalue weighted by Gasteiger charge is 2.16. The molecule has 0 rings (SSSR count). The van der Waals surface area contributed by atoms with E-state index in [1.165, 1.54) is 25.7 Å². The molecule has 0 saturated heterocycles. The predicted molar refractivity (Wildman–Crippen MR) is 68.5 cm³/mol. The quantitative estimate of drug-likeness (QED) is 0.568. The molecule has 0 bridgehead atoms. The lowest BCUT2D eigenvalue weighted by Crippen LogP contribution is -2.41. The normalized spacial score (nSPS) is 17.1. The van der Waals surface area contributed by atoms with Crippen LogP contribution in [0, 0.1) is 0 Å². The largest absolute Gasteiger partial charge is 0.394 e. The first-order valence-corrected chi connectivity index (χ1v) is 6.53. The Labute approximate surface area is 100 Å². The zero-order chi connectivity index (χ0) is 12.4. The van der Waals surface area contributed by atoms with Crippen LogP contribution in [-0.2, 0) is 4.74 Å². The van der Waals surface area contributed by atoms with Gasteiger partial charge in [0.05, 0.1) is 12.7 Å². The molecule has 16 heavy (non-hydrogen) atoms. The van der Waals surface area contributed by atoms with Gasteiger partial charge in [-0.15, -0.1) is 0 Å². The lowest BCUT2D eigenvalue weighted by molar-refractivity contribution is 0.0412. The Bertz CT molecular complexity index is 160. The number of hydrogen-bond donors (Lipinski definition) is 2.